The molecule has 0 aliphatic rings. The lowest BCUT2D eigenvalue weighted by atomic mass is 10.1. The Balaban J connectivity index is 3.10. The number of halogens is 5. The van der Waals surface area contributed by atoms with Gasteiger partial charge >= 0.3 is 6.18 Å². The molecule has 0 aliphatic carbocycles. The topological polar surface area (TPSA) is 20.3 Å². The molecule has 0 spiro atoms. The molecule has 2 nitrogen and oxygen atoms in total. The highest BCUT2D eigenvalue weighted by molar-refractivity contribution is 9.10. The highest BCUT2D eigenvalue weighted by atomic mass is 79.9. The summed E-state index contributed by atoms with van der Waals surface area (Å²) in [4.78, 5) is 13.7. The molecule has 1 aromatic carbocycles. The largest absolute Gasteiger partial charge is 0.417 e. The maximum atomic E-state index is 12.8. The Morgan fingerprint density at radius 1 is 1.35 bits per heavy atom. The predicted octanol–water partition coefficient (Wildman–Crippen LogP) is 4.56. The number of nitrogens with zero attached hydrogens (tertiary/aromatic N) is 1. The molecule has 20 heavy (non-hydrogen) atoms. The average molecular weight is 373 g/mol. The van der Waals surface area contributed by atoms with Crippen LogP contribution in [0.3, 0.4) is 0 Å². The molecule has 1 rings (SSSR count). The van der Waals surface area contributed by atoms with E-state index in [4.69, 9.17) is 11.6 Å². The van der Waals surface area contributed by atoms with Crippen LogP contribution in [-0.4, -0.2) is 29.8 Å². The Morgan fingerprint density at radius 3 is 2.50 bits per heavy atom. The van der Waals surface area contributed by atoms with Crippen LogP contribution in [0.15, 0.2) is 22.7 Å². The molecule has 0 bridgehead atoms. The second kappa shape index (κ2) is 7.31. The van der Waals surface area contributed by atoms with Crippen LogP contribution in [0, 0.1) is 0 Å². The summed E-state index contributed by atoms with van der Waals surface area (Å²) in [6.07, 6.45) is -3.79. The fourth-order valence-electron chi connectivity index (χ4n) is 1.74. The minimum Gasteiger partial charge on any atom is -0.337 e. The van der Waals surface area contributed by atoms with Gasteiger partial charge in [0.1, 0.15) is 0 Å². The molecule has 1 aromatic rings. The Morgan fingerprint density at radius 2 is 2.00 bits per heavy atom. The molecule has 0 radical (unpaired) electrons. The van der Waals surface area contributed by atoms with Crippen molar-refractivity contribution in [3.8, 4) is 0 Å². The lowest BCUT2D eigenvalue weighted by molar-refractivity contribution is -0.138. The molecule has 0 saturated heterocycles. The van der Waals surface area contributed by atoms with Gasteiger partial charge in [0, 0.05) is 29.0 Å². The highest BCUT2D eigenvalue weighted by Crippen LogP contribution is 2.35. The van der Waals surface area contributed by atoms with Gasteiger partial charge < -0.3 is 4.90 Å². The third kappa shape index (κ3) is 4.38. The van der Waals surface area contributed by atoms with Crippen LogP contribution in [0.2, 0.25) is 0 Å². The van der Waals surface area contributed by atoms with Crippen LogP contribution in [0.5, 0.6) is 0 Å². The first kappa shape index (κ1) is 17.3. The van der Waals surface area contributed by atoms with Crippen molar-refractivity contribution in [1.29, 1.82) is 0 Å². The van der Waals surface area contributed by atoms with Gasteiger partial charge in [-0.1, -0.05) is 22.9 Å². The number of rotatable bonds is 5. The van der Waals surface area contributed by atoms with Crippen molar-refractivity contribution in [2.75, 3.05) is 19.0 Å². The van der Waals surface area contributed by atoms with Gasteiger partial charge in [0.15, 0.2) is 0 Å². The molecule has 0 fully saturated rings. The monoisotopic (exact) mass is 371 g/mol. The molecule has 0 unspecified atom stereocenters. The van der Waals surface area contributed by atoms with Gasteiger partial charge in [-0.05, 0) is 24.6 Å². The van der Waals surface area contributed by atoms with Crippen LogP contribution in [0.1, 0.15) is 29.3 Å². The minimum absolute atomic E-state index is 0.0130. The van der Waals surface area contributed by atoms with E-state index in [1.165, 1.54) is 17.0 Å². The van der Waals surface area contributed by atoms with Crippen molar-refractivity contribution >= 4 is 33.4 Å². The zero-order valence-electron chi connectivity index (χ0n) is 10.8. The second-order valence-corrected chi connectivity index (χ2v) is 5.41. The molecule has 7 heteroatoms. The molecule has 0 N–H and O–H groups in total. The fourth-order valence-corrected chi connectivity index (χ4v) is 2.42. The zero-order chi connectivity index (χ0) is 15.3. The van der Waals surface area contributed by atoms with E-state index in [0.717, 1.165) is 6.07 Å². The van der Waals surface area contributed by atoms with Crippen molar-refractivity contribution in [2.45, 2.75) is 19.5 Å². The quantitative estimate of drug-likeness (QED) is 0.694. The Kier molecular flexibility index (Phi) is 6.33. The summed E-state index contributed by atoms with van der Waals surface area (Å²) in [7, 11) is 0. The fraction of sp³-hybridized carbons (Fsp3) is 0.462. The SMILES string of the molecule is CCCN(CCCl)C(=O)c1ccc(Br)c(C(F)(F)F)c1. The molecule has 0 aromatic heterocycles. The standard InChI is InChI=1S/C13H14BrClF3NO/c1-2-6-19(7-5-15)12(20)9-3-4-11(14)10(8-9)13(16,17)18/h3-4,8H,2,5-7H2,1H3. The van der Waals surface area contributed by atoms with Crippen molar-refractivity contribution in [2.24, 2.45) is 0 Å². The number of amides is 1. The van der Waals surface area contributed by atoms with Gasteiger partial charge in [0.05, 0.1) is 5.56 Å². The number of alkyl halides is 4. The van der Waals surface area contributed by atoms with Crippen LogP contribution >= 0.6 is 27.5 Å². The van der Waals surface area contributed by atoms with E-state index < -0.39 is 17.6 Å². The smallest absolute Gasteiger partial charge is 0.337 e. The molecule has 0 heterocycles. The first-order chi connectivity index (χ1) is 9.31. The van der Waals surface area contributed by atoms with Gasteiger partial charge in [-0.3, -0.25) is 4.79 Å². The van der Waals surface area contributed by atoms with E-state index in [9.17, 15) is 18.0 Å². The lowest BCUT2D eigenvalue weighted by Crippen LogP contribution is -2.33. The number of benzene rings is 1. The van der Waals surface area contributed by atoms with E-state index in [1.54, 1.807) is 0 Å². The van der Waals surface area contributed by atoms with Crippen molar-refractivity contribution in [3.05, 3.63) is 33.8 Å². The molecule has 0 aliphatic heterocycles. The Labute approximate surface area is 129 Å². The average Bonchev–Trinajstić information content (AvgIpc) is 2.37. The summed E-state index contributed by atoms with van der Waals surface area (Å²) in [5, 5.41) is 0. The third-order valence-corrected chi connectivity index (χ3v) is 3.51. The lowest BCUT2D eigenvalue weighted by Gasteiger charge is -2.21. The third-order valence-electron chi connectivity index (χ3n) is 2.65. The maximum absolute atomic E-state index is 12.8. The van der Waals surface area contributed by atoms with E-state index in [0.29, 0.717) is 19.5 Å². The molecular formula is C13H14BrClF3NO. The molecular weight excluding hydrogens is 358 g/mol. The summed E-state index contributed by atoms with van der Waals surface area (Å²) < 4.78 is 38.4. The van der Waals surface area contributed by atoms with Crippen LogP contribution in [0.4, 0.5) is 13.2 Å². The normalized spacial score (nSPS) is 11.5. The Hall–Kier alpha value is -0.750. The van der Waals surface area contributed by atoms with Gasteiger partial charge in [-0.15, -0.1) is 11.6 Å². The van der Waals surface area contributed by atoms with E-state index in [1.807, 2.05) is 6.92 Å². The predicted molar refractivity (Wildman–Crippen MR) is 76.1 cm³/mol. The summed E-state index contributed by atoms with van der Waals surface area (Å²) in [6.45, 7) is 2.66. The van der Waals surface area contributed by atoms with Crippen molar-refractivity contribution in [1.82, 2.24) is 4.90 Å². The van der Waals surface area contributed by atoms with Gasteiger partial charge in [0.25, 0.3) is 5.91 Å². The van der Waals surface area contributed by atoms with Crippen molar-refractivity contribution in [3.63, 3.8) is 0 Å². The number of hydrogen-bond donors (Lipinski definition) is 0. The summed E-state index contributed by atoms with van der Waals surface area (Å²) in [5.41, 5.74) is -0.843. The maximum Gasteiger partial charge on any atom is 0.417 e. The van der Waals surface area contributed by atoms with Crippen LogP contribution in [-0.2, 0) is 6.18 Å². The van der Waals surface area contributed by atoms with Crippen molar-refractivity contribution < 1.29 is 18.0 Å². The number of hydrogen-bond acceptors (Lipinski definition) is 1. The van der Waals surface area contributed by atoms with Crippen LogP contribution in [0.25, 0.3) is 0 Å². The minimum atomic E-state index is -4.50. The first-order valence-corrected chi connectivity index (χ1v) is 7.36. The molecule has 0 saturated carbocycles. The van der Waals surface area contributed by atoms with E-state index in [-0.39, 0.29) is 15.9 Å². The summed E-state index contributed by atoms with van der Waals surface area (Å²) >= 11 is 8.46. The highest BCUT2D eigenvalue weighted by Gasteiger charge is 2.33. The first-order valence-electron chi connectivity index (χ1n) is 6.03. The molecule has 0 atom stereocenters. The number of carbonyl (C=O) groups is 1. The Bertz CT molecular complexity index is 473. The van der Waals surface area contributed by atoms with Gasteiger partial charge in [0.2, 0.25) is 0 Å². The summed E-state index contributed by atoms with van der Waals surface area (Å²) in [6, 6.07) is 3.47. The van der Waals surface area contributed by atoms with Crippen LogP contribution < -0.4 is 0 Å². The summed E-state index contributed by atoms with van der Waals surface area (Å²) in [5.74, 6) is -0.195. The van der Waals surface area contributed by atoms with E-state index >= 15 is 0 Å². The molecule has 1 amide bonds. The zero-order valence-corrected chi connectivity index (χ0v) is 13.1. The second-order valence-electron chi connectivity index (χ2n) is 4.17. The van der Waals surface area contributed by atoms with Gasteiger partial charge in [-0.25, -0.2) is 0 Å². The number of carbonyl (C=O) groups excluding carboxylic acids is 1. The van der Waals surface area contributed by atoms with E-state index in [2.05, 4.69) is 15.9 Å². The molecule has 112 valence electrons. The van der Waals surface area contributed by atoms with Gasteiger partial charge in [-0.2, -0.15) is 13.2 Å².